The average molecular weight is 357 g/mol. The van der Waals surface area contributed by atoms with Gasteiger partial charge in [-0.05, 0) is 25.8 Å². The molecule has 5 nitrogen and oxygen atoms in total. The maximum Gasteiger partial charge on any atom is 0.167 e. The number of H-pyrrole nitrogens is 1. The molecule has 0 fully saturated rings. The van der Waals surface area contributed by atoms with E-state index < -0.39 is 5.82 Å². The van der Waals surface area contributed by atoms with E-state index in [1.54, 1.807) is 12.3 Å². The first-order valence-electron chi connectivity index (χ1n) is 8.14. The molecule has 0 spiro atoms. The van der Waals surface area contributed by atoms with Crippen LogP contribution in [-0.4, -0.2) is 30.6 Å². The van der Waals surface area contributed by atoms with Crippen LogP contribution in [0.15, 0.2) is 30.5 Å². The Hall–Kier alpha value is -2.54. The second-order valence-corrected chi connectivity index (χ2v) is 6.55. The van der Waals surface area contributed by atoms with E-state index in [1.807, 2.05) is 19.1 Å². The highest BCUT2D eigenvalue weighted by molar-refractivity contribution is 7.67. The van der Waals surface area contributed by atoms with Gasteiger partial charge in [-0.3, -0.25) is 4.98 Å². The van der Waals surface area contributed by atoms with E-state index in [9.17, 15) is 8.60 Å². The van der Waals surface area contributed by atoms with Crippen molar-refractivity contribution in [3.8, 4) is 5.75 Å². The molecule has 0 saturated carbocycles. The van der Waals surface area contributed by atoms with Crippen molar-refractivity contribution < 1.29 is 13.3 Å². The fourth-order valence-electron chi connectivity index (χ4n) is 3.29. The second kappa shape index (κ2) is 6.40. The molecule has 0 amide bonds. The summed E-state index contributed by atoms with van der Waals surface area (Å²) < 4.78 is 30.7. The Kier molecular flexibility index (Phi) is 4.09. The van der Waals surface area contributed by atoms with Crippen LogP contribution in [-0.2, 0) is 11.3 Å². The normalized spacial score (nSPS) is 16.7. The number of nitrogens with zero attached hydrogens (tertiary/aromatic N) is 2. The van der Waals surface area contributed by atoms with E-state index in [-0.39, 0.29) is 11.7 Å². The smallest absolute Gasteiger partial charge is 0.167 e. The van der Waals surface area contributed by atoms with E-state index in [4.69, 9.17) is 4.74 Å². The molecular weight excluding hydrogens is 341 g/mol. The summed E-state index contributed by atoms with van der Waals surface area (Å²) in [7, 11) is 0. The van der Waals surface area contributed by atoms with Gasteiger partial charge in [-0.25, -0.2) is 13.6 Å². The minimum Gasteiger partial charge on any atom is -0.491 e. The number of fused-ring (bicyclic) bond motifs is 2. The number of imidazole rings is 1. The van der Waals surface area contributed by atoms with Crippen molar-refractivity contribution in [2.45, 2.75) is 25.7 Å². The minimum atomic E-state index is -0.412. The van der Waals surface area contributed by atoms with Gasteiger partial charge in [0.1, 0.15) is 5.82 Å². The molecule has 0 radical (unpaired) electrons. The molecular formula is C18H16FN3O2S. The molecule has 2 aromatic heterocycles. The van der Waals surface area contributed by atoms with Crippen LogP contribution in [0.25, 0.3) is 11.0 Å². The van der Waals surface area contributed by atoms with E-state index in [1.165, 1.54) is 6.07 Å². The molecule has 2 heterocycles. The van der Waals surface area contributed by atoms with Crippen molar-refractivity contribution in [2.24, 2.45) is 0 Å². The largest absolute Gasteiger partial charge is 0.491 e. The van der Waals surface area contributed by atoms with E-state index in [2.05, 4.69) is 15.0 Å². The third-order valence-electron chi connectivity index (χ3n) is 4.41. The third kappa shape index (κ3) is 2.74. The van der Waals surface area contributed by atoms with Crippen molar-refractivity contribution >= 4 is 27.2 Å². The highest BCUT2D eigenvalue weighted by atomic mass is 32.1. The number of nitrogens with one attached hydrogen (secondary N) is 1. The van der Waals surface area contributed by atoms with Crippen molar-refractivity contribution in [3.63, 3.8) is 0 Å². The predicted octanol–water partition coefficient (Wildman–Crippen LogP) is 3.15. The molecule has 1 N–H and O–H groups in total. The molecule has 128 valence electrons. The fourth-order valence-corrected chi connectivity index (χ4v) is 3.76. The Morgan fingerprint density at radius 3 is 3.12 bits per heavy atom. The van der Waals surface area contributed by atoms with Gasteiger partial charge >= 0.3 is 0 Å². The van der Waals surface area contributed by atoms with Crippen molar-refractivity contribution in [1.82, 2.24) is 15.0 Å². The van der Waals surface area contributed by atoms with Crippen LogP contribution >= 0.6 is 0 Å². The molecule has 0 saturated heterocycles. The van der Waals surface area contributed by atoms with E-state index in [0.717, 1.165) is 28.4 Å². The Labute approximate surface area is 147 Å². The van der Waals surface area contributed by atoms with Crippen molar-refractivity contribution in [3.05, 3.63) is 53.4 Å². The maximum absolute atomic E-state index is 14.1. The molecule has 1 unspecified atom stereocenters. The van der Waals surface area contributed by atoms with Crippen molar-refractivity contribution in [1.29, 1.82) is 0 Å². The summed E-state index contributed by atoms with van der Waals surface area (Å²) in [5.41, 5.74) is 3.02. The second-order valence-electron chi connectivity index (χ2n) is 5.89. The number of aromatic amines is 1. The summed E-state index contributed by atoms with van der Waals surface area (Å²) >= 11 is 0.530. The summed E-state index contributed by atoms with van der Waals surface area (Å²) in [6.07, 6.45) is 3.15. The number of ether oxygens (including phenoxy) is 1. The van der Waals surface area contributed by atoms with Gasteiger partial charge in [-0.2, -0.15) is 0 Å². The zero-order valence-electron chi connectivity index (χ0n) is 13.6. The van der Waals surface area contributed by atoms with Crippen LogP contribution in [0.2, 0.25) is 0 Å². The molecule has 25 heavy (non-hydrogen) atoms. The molecule has 7 heteroatoms. The Morgan fingerprint density at radius 2 is 2.32 bits per heavy atom. The summed E-state index contributed by atoms with van der Waals surface area (Å²) in [6, 6.07) is 6.77. The standard InChI is InChI=1S/C18H16FN3O2S/c1-2-24-15-9-14-13(8-12(15)19)21-18(22-14)11-5-6-16(25-23)10-4-3-7-20-17(10)11/h3-4,7-9,11H,2,5-6H2,1H3,(H,21,22). The number of aromatic nitrogens is 3. The zero-order valence-corrected chi connectivity index (χ0v) is 14.4. The van der Waals surface area contributed by atoms with Crippen LogP contribution in [0, 0.1) is 5.82 Å². The first kappa shape index (κ1) is 16.0. The average Bonchev–Trinajstić information content (AvgIpc) is 3.03. The lowest BCUT2D eigenvalue weighted by Gasteiger charge is -2.22. The predicted molar refractivity (Wildman–Crippen MR) is 94.8 cm³/mol. The molecule has 0 aliphatic heterocycles. The number of rotatable bonds is 3. The Balaban J connectivity index is 1.81. The SMILES string of the molecule is CCOc1cc2nc(C3CCC(=S=O)c4cccnc43)[nH]c2cc1F. The topological polar surface area (TPSA) is 67.9 Å². The van der Waals surface area contributed by atoms with Gasteiger partial charge in [-0.15, -0.1) is 0 Å². The summed E-state index contributed by atoms with van der Waals surface area (Å²) in [5, 5.41) is 0. The summed E-state index contributed by atoms with van der Waals surface area (Å²) in [6.45, 7) is 2.21. The Bertz CT molecular complexity index is 1010. The molecule has 4 rings (SSSR count). The Morgan fingerprint density at radius 1 is 1.44 bits per heavy atom. The fraction of sp³-hybridized carbons (Fsp3) is 0.278. The third-order valence-corrected chi connectivity index (χ3v) is 5.04. The van der Waals surface area contributed by atoms with Crippen LogP contribution in [0.3, 0.4) is 0 Å². The molecule has 1 aromatic carbocycles. The number of pyridine rings is 1. The monoisotopic (exact) mass is 357 g/mol. The van der Waals surface area contributed by atoms with Gasteiger partial charge in [0.15, 0.2) is 11.6 Å². The van der Waals surface area contributed by atoms with E-state index in [0.29, 0.717) is 35.3 Å². The summed E-state index contributed by atoms with van der Waals surface area (Å²) in [4.78, 5) is 13.1. The van der Waals surface area contributed by atoms with Gasteiger partial charge < -0.3 is 9.72 Å². The lowest BCUT2D eigenvalue weighted by molar-refractivity contribution is 0.322. The zero-order chi connectivity index (χ0) is 17.4. The highest BCUT2D eigenvalue weighted by Gasteiger charge is 2.29. The number of hydrogen-bond acceptors (Lipinski definition) is 4. The number of halogens is 1. The van der Waals surface area contributed by atoms with Crippen LogP contribution in [0.5, 0.6) is 5.75 Å². The van der Waals surface area contributed by atoms with E-state index >= 15 is 0 Å². The molecule has 1 aliphatic rings. The molecule has 0 bridgehead atoms. The molecule has 1 aliphatic carbocycles. The quantitative estimate of drug-likeness (QED) is 0.731. The van der Waals surface area contributed by atoms with Crippen LogP contribution in [0.1, 0.15) is 42.8 Å². The number of benzene rings is 1. The minimum absolute atomic E-state index is 0.0434. The molecule has 1 atom stereocenters. The highest BCUT2D eigenvalue weighted by Crippen LogP contribution is 2.35. The maximum atomic E-state index is 14.1. The van der Waals surface area contributed by atoms with Crippen molar-refractivity contribution in [2.75, 3.05) is 6.61 Å². The molecule has 3 aromatic rings. The lowest BCUT2D eigenvalue weighted by Crippen LogP contribution is -2.19. The van der Waals surface area contributed by atoms with Crippen LogP contribution < -0.4 is 4.74 Å². The van der Waals surface area contributed by atoms with Gasteiger partial charge in [0.25, 0.3) is 0 Å². The van der Waals surface area contributed by atoms with Gasteiger partial charge in [0.05, 0.1) is 45.4 Å². The summed E-state index contributed by atoms with van der Waals surface area (Å²) in [5.74, 6) is 0.481. The first-order chi connectivity index (χ1) is 12.2. The first-order valence-corrected chi connectivity index (χ1v) is 8.88. The van der Waals surface area contributed by atoms with Gasteiger partial charge in [0, 0.05) is 23.9 Å². The van der Waals surface area contributed by atoms with Gasteiger partial charge in [0.2, 0.25) is 0 Å². The van der Waals surface area contributed by atoms with Gasteiger partial charge in [-0.1, -0.05) is 6.07 Å². The lowest BCUT2D eigenvalue weighted by atomic mass is 9.86. The number of hydrogen-bond donors (Lipinski definition) is 1. The van der Waals surface area contributed by atoms with Crippen LogP contribution in [0.4, 0.5) is 4.39 Å².